The molecule has 1 aromatic rings. The number of nitrogens with one attached hydrogen (secondary N) is 1. The van der Waals surface area contributed by atoms with E-state index in [4.69, 9.17) is 9.84 Å². The van der Waals surface area contributed by atoms with Crippen LogP contribution in [0.5, 0.6) is 5.75 Å². The van der Waals surface area contributed by atoms with Gasteiger partial charge in [-0.1, -0.05) is 0 Å². The van der Waals surface area contributed by atoms with Crippen molar-refractivity contribution in [2.24, 2.45) is 5.92 Å². The summed E-state index contributed by atoms with van der Waals surface area (Å²) in [6.07, 6.45) is 0. The first-order chi connectivity index (χ1) is 8.04. The van der Waals surface area contributed by atoms with E-state index in [0.717, 1.165) is 0 Å². The van der Waals surface area contributed by atoms with E-state index in [1.165, 1.54) is 6.92 Å². The Hall–Kier alpha value is -2.04. The van der Waals surface area contributed by atoms with Gasteiger partial charge in [0.05, 0.1) is 6.61 Å². The van der Waals surface area contributed by atoms with Gasteiger partial charge in [0.15, 0.2) is 0 Å². The van der Waals surface area contributed by atoms with Gasteiger partial charge in [0.25, 0.3) is 0 Å². The smallest absolute Gasteiger partial charge is 0.315 e. The number of amides is 1. The molecule has 1 amide bonds. The van der Waals surface area contributed by atoms with E-state index in [1.807, 2.05) is 6.92 Å². The third kappa shape index (κ3) is 3.79. The third-order valence-corrected chi connectivity index (χ3v) is 2.20. The van der Waals surface area contributed by atoms with Crippen molar-refractivity contribution in [1.29, 1.82) is 0 Å². The summed E-state index contributed by atoms with van der Waals surface area (Å²) >= 11 is 0. The van der Waals surface area contributed by atoms with Crippen molar-refractivity contribution in [3.63, 3.8) is 0 Å². The molecule has 2 N–H and O–H groups in total. The second kappa shape index (κ2) is 5.89. The van der Waals surface area contributed by atoms with Crippen LogP contribution >= 0.6 is 0 Å². The molecule has 0 aromatic heterocycles. The number of anilines is 1. The topological polar surface area (TPSA) is 75.6 Å². The number of benzene rings is 1. The highest BCUT2D eigenvalue weighted by atomic mass is 16.5. The molecule has 17 heavy (non-hydrogen) atoms. The van der Waals surface area contributed by atoms with Gasteiger partial charge in [0.1, 0.15) is 11.7 Å². The molecular weight excluding hydrogens is 222 g/mol. The Morgan fingerprint density at radius 3 is 2.41 bits per heavy atom. The van der Waals surface area contributed by atoms with Crippen LogP contribution < -0.4 is 10.1 Å². The number of carboxylic acid groups (broad SMARTS) is 1. The van der Waals surface area contributed by atoms with Crippen LogP contribution in [0.25, 0.3) is 0 Å². The Kier molecular flexibility index (Phi) is 4.51. The summed E-state index contributed by atoms with van der Waals surface area (Å²) in [5, 5.41) is 11.2. The van der Waals surface area contributed by atoms with Crippen molar-refractivity contribution in [2.75, 3.05) is 11.9 Å². The summed E-state index contributed by atoms with van der Waals surface area (Å²) in [6, 6.07) is 6.75. The lowest BCUT2D eigenvalue weighted by molar-refractivity contribution is -0.144. The summed E-state index contributed by atoms with van der Waals surface area (Å²) in [6.45, 7) is 3.79. The monoisotopic (exact) mass is 237 g/mol. The Morgan fingerprint density at radius 2 is 1.94 bits per heavy atom. The number of ether oxygens (including phenoxy) is 1. The van der Waals surface area contributed by atoms with Gasteiger partial charge >= 0.3 is 5.97 Å². The second-order valence-electron chi connectivity index (χ2n) is 3.51. The lowest BCUT2D eigenvalue weighted by Crippen LogP contribution is -2.26. The van der Waals surface area contributed by atoms with Gasteiger partial charge in [0, 0.05) is 5.69 Å². The largest absolute Gasteiger partial charge is 0.494 e. The van der Waals surface area contributed by atoms with Crippen LogP contribution in [-0.4, -0.2) is 23.6 Å². The Bertz CT molecular complexity index is 399. The number of carbonyl (C=O) groups excluding carboxylic acids is 1. The molecule has 1 rings (SSSR count). The summed E-state index contributed by atoms with van der Waals surface area (Å²) < 4.78 is 5.24. The molecule has 0 aliphatic heterocycles. The zero-order chi connectivity index (χ0) is 12.8. The van der Waals surface area contributed by atoms with E-state index >= 15 is 0 Å². The fourth-order valence-corrected chi connectivity index (χ4v) is 1.16. The Morgan fingerprint density at radius 1 is 1.35 bits per heavy atom. The summed E-state index contributed by atoms with van der Waals surface area (Å²) in [5.41, 5.74) is 0.548. The van der Waals surface area contributed by atoms with Crippen LogP contribution in [-0.2, 0) is 9.59 Å². The number of rotatable bonds is 5. The van der Waals surface area contributed by atoms with Gasteiger partial charge in [-0.15, -0.1) is 0 Å². The molecule has 0 saturated carbocycles. The molecule has 0 radical (unpaired) electrons. The Balaban J connectivity index is 2.63. The second-order valence-corrected chi connectivity index (χ2v) is 3.51. The van der Waals surface area contributed by atoms with E-state index in [-0.39, 0.29) is 0 Å². The van der Waals surface area contributed by atoms with Crippen molar-refractivity contribution < 1.29 is 19.4 Å². The number of hydrogen-bond donors (Lipinski definition) is 2. The molecule has 1 atom stereocenters. The molecule has 0 fully saturated rings. The van der Waals surface area contributed by atoms with Gasteiger partial charge in [-0.05, 0) is 38.1 Å². The fourth-order valence-electron chi connectivity index (χ4n) is 1.16. The number of aliphatic carboxylic acids is 1. The number of hydrogen-bond acceptors (Lipinski definition) is 3. The minimum atomic E-state index is -1.14. The van der Waals surface area contributed by atoms with Crippen LogP contribution in [0.4, 0.5) is 5.69 Å². The van der Waals surface area contributed by atoms with Crippen molar-refractivity contribution in [3.05, 3.63) is 24.3 Å². The quantitative estimate of drug-likeness (QED) is 0.765. The first-order valence-electron chi connectivity index (χ1n) is 5.31. The van der Waals surface area contributed by atoms with Crippen molar-refractivity contribution in [3.8, 4) is 5.75 Å². The van der Waals surface area contributed by atoms with Crippen LogP contribution in [0, 0.1) is 5.92 Å². The molecule has 1 aromatic carbocycles. The number of carboxylic acids is 1. The molecule has 5 heteroatoms. The molecular formula is C12H15NO4. The SMILES string of the molecule is CCOc1ccc(NC(=O)C(C)C(=O)O)cc1. The van der Waals surface area contributed by atoms with Gasteiger partial charge in [-0.3, -0.25) is 9.59 Å². The zero-order valence-corrected chi connectivity index (χ0v) is 9.77. The lowest BCUT2D eigenvalue weighted by atomic mass is 10.1. The standard InChI is InChI=1S/C12H15NO4/c1-3-17-10-6-4-9(5-7-10)13-11(14)8(2)12(15)16/h4-8H,3H2,1-2H3,(H,13,14)(H,15,16). The highest BCUT2D eigenvalue weighted by Gasteiger charge is 2.20. The molecule has 0 spiro atoms. The maximum absolute atomic E-state index is 11.4. The van der Waals surface area contributed by atoms with Gasteiger partial charge in [0.2, 0.25) is 5.91 Å². The average Bonchev–Trinajstić information content (AvgIpc) is 2.30. The summed E-state index contributed by atoms with van der Waals surface area (Å²) in [7, 11) is 0. The van der Waals surface area contributed by atoms with Crippen LogP contribution in [0.15, 0.2) is 24.3 Å². The highest BCUT2D eigenvalue weighted by Crippen LogP contribution is 2.16. The van der Waals surface area contributed by atoms with Crippen molar-refractivity contribution in [2.45, 2.75) is 13.8 Å². The van der Waals surface area contributed by atoms with E-state index in [0.29, 0.717) is 18.0 Å². The summed E-state index contributed by atoms with van der Waals surface area (Å²) in [5.74, 6) is -2.05. The number of carbonyl (C=O) groups is 2. The van der Waals surface area contributed by atoms with Crippen LogP contribution in [0.3, 0.4) is 0 Å². The molecule has 0 bridgehead atoms. The fraction of sp³-hybridized carbons (Fsp3) is 0.333. The minimum absolute atomic E-state index is 0.540. The highest BCUT2D eigenvalue weighted by molar-refractivity contribution is 6.03. The van der Waals surface area contributed by atoms with E-state index < -0.39 is 17.8 Å². The molecule has 5 nitrogen and oxygen atoms in total. The van der Waals surface area contributed by atoms with Crippen molar-refractivity contribution in [1.82, 2.24) is 0 Å². The molecule has 92 valence electrons. The zero-order valence-electron chi connectivity index (χ0n) is 9.77. The van der Waals surface area contributed by atoms with Crippen molar-refractivity contribution >= 4 is 17.6 Å². The van der Waals surface area contributed by atoms with Crippen LogP contribution in [0.1, 0.15) is 13.8 Å². The third-order valence-electron chi connectivity index (χ3n) is 2.20. The lowest BCUT2D eigenvalue weighted by Gasteiger charge is -2.09. The van der Waals surface area contributed by atoms with Gasteiger partial charge < -0.3 is 15.2 Å². The molecule has 1 unspecified atom stereocenters. The minimum Gasteiger partial charge on any atom is -0.494 e. The molecule has 0 aliphatic rings. The first kappa shape index (κ1) is 13.0. The van der Waals surface area contributed by atoms with E-state index in [2.05, 4.69) is 5.32 Å². The van der Waals surface area contributed by atoms with E-state index in [9.17, 15) is 9.59 Å². The molecule has 0 aliphatic carbocycles. The molecule has 0 saturated heterocycles. The normalized spacial score (nSPS) is 11.6. The maximum atomic E-state index is 11.4. The Labute approximate surface area is 99.4 Å². The predicted octanol–water partition coefficient (Wildman–Crippen LogP) is 1.74. The maximum Gasteiger partial charge on any atom is 0.315 e. The van der Waals surface area contributed by atoms with E-state index in [1.54, 1.807) is 24.3 Å². The van der Waals surface area contributed by atoms with Crippen LogP contribution in [0.2, 0.25) is 0 Å². The molecule has 0 heterocycles. The average molecular weight is 237 g/mol. The van der Waals surface area contributed by atoms with Gasteiger partial charge in [-0.25, -0.2) is 0 Å². The van der Waals surface area contributed by atoms with Gasteiger partial charge in [-0.2, -0.15) is 0 Å². The first-order valence-corrected chi connectivity index (χ1v) is 5.31. The summed E-state index contributed by atoms with van der Waals surface area (Å²) in [4.78, 5) is 22.0. The predicted molar refractivity (Wildman–Crippen MR) is 63.0 cm³/mol.